The molecule has 18 heteroatoms. The summed E-state index contributed by atoms with van der Waals surface area (Å²) >= 11 is 4.95. The van der Waals surface area contributed by atoms with E-state index in [9.17, 15) is 43.8 Å². The summed E-state index contributed by atoms with van der Waals surface area (Å²) in [6.07, 6.45) is 3.59. The lowest BCUT2D eigenvalue weighted by molar-refractivity contribution is -0.228. The first-order valence-electron chi connectivity index (χ1n) is 24.5. The molecule has 2 N–H and O–H groups in total. The molecule has 0 aromatic heterocycles. The first-order valence-corrected chi connectivity index (χ1v) is 26.0. The molecule has 8 aliphatic carbocycles. The minimum absolute atomic E-state index is 0.00599. The van der Waals surface area contributed by atoms with Crippen LogP contribution in [0.15, 0.2) is 59.8 Å². The second kappa shape index (κ2) is 18.8. The van der Waals surface area contributed by atoms with Gasteiger partial charge in [-0.05, 0) is 99.7 Å². The smallest absolute Gasteiger partial charge is 0.330 e. The Labute approximate surface area is 421 Å². The van der Waals surface area contributed by atoms with Crippen LogP contribution in [0.2, 0.25) is 0 Å². The molecule has 6 fully saturated rings. The Morgan fingerprint density at radius 1 is 0.718 bits per heavy atom. The van der Waals surface area contributed by atoms with E-state index < -0.39 is 144 Å². The van der Waals surface area contributed by atoms with E-state index in [1.165, 1.54) is 57.4 Å². The third-order valence-electron chi connectivity index (χ3n) is 18.9. The zero-order valence-corrected chi connectivity index (χ0v) is 43.3. The molecule has 0 spiro atoms. The van der Waals surface area contributed by atoms with Crippen LogP contribution in [0.4, 0.5) is 17.6 Å². The van der Waals surface area contributed by atoms with Crippen molar-refractivity contribution >= 4 is 64.1 Å². The van der Waals surface area contributed by atoms with Crippen molar-refractivity contribution < 1.29 is 75.5 Å². The van der Waals surface area contributed by atoms with Crippen LogP contribution in [-0.2, 0) is 47.8 Å². The molecule has 0 radical (unpaired) electrons. The Bertz CT molecular complexity index is 2440. The summed E-state index contributed by atoms with van der Waals surface area (Å²) in [6.45, 7) is 13.2. The van der Waals surface area contributed by atoms with Gasteiger partial charge in [0.15, 0.2) is 34.1 Å². The van der Waals surface area contributed by atoms with E-state index in [1.54, 1.807) is 41.5 Å². The fourth-order valence-electron chi connectivity index (χ4n) is 15.4. The quantitative estimate of drug-likeness (QED) is 0.0665. The van der Waals surface area contributed by atoms with Gasteiger partial charge in [0.05, 0.1) is 19.3 Å². The van der Waals surface area contributed by atoms with E-state index in [1.807, 2.05) is 0 Å². The number of ether oxygens (including phenoxy) is 3. The molecule has 18 atom stereocenters. The molecule has 0 bridgehead atoms. The SMILES string of the molecule is CCC(=O)O[C@]1(C(=O)S)[C@H](C)CC2C3C[C@H](F)C4=CC(=O)C=C[C@]4(C)[C@@]3(F)[C@@H](O)C[C@@]21C.CCC(=O)O[C@]1(C(=O)SC/C=C/C(=O)OC)[C@H](C)CC2C3C[C@H](F)C4=CC(=O)C=C[C@]4(C)[C@@]3(F)[C@@H](O)C[C@@]21C. The van der Waals surface area contributed by atoms with E-state index in [0.717, 1.165) is 23.9 Å². The van der Waals surface area contributed by atoms with Crippen molar-refractivity contribution in [1.29, 1.82) is 0 Å². The predicted octanol–water partition coefficient (Wildman–Crippen LogP) is 7.93. The molecular weight excluding hydrogens is 969 g/mol. The molecule has 0 aliphatic heterocycles. The maximum Gasteiger partial charge on any atom is 0.330 e. The van der Waals surface area contributed by atoms with Crippen molar-refractivity contribution in [2.24, 2.45) is 57.2 Å². The highest BCUT2D eigenvalue weighted by Crippen LogP contribution is 2.74. The highest BCUT2D eigenvalue weighted by Gasteiger charge is 2.80. The number of allylic oxidation sites excluding steroid dienone is 8. The van der Waals surface area contributed by atoms with Crippen LogP contribution in [-0.4, -0.2) is 110 Å². The molecule has 0 aromatic carbocycles. The highest BCUT2D eigenvalue weighted by atomic mass is 32.2. The number of hydrogen-bond acceptors (Lipinski definition) is 13. The number of carbonyl (C=O) groups is 7. The largest absolute Gasteiger partial charge is 0.466 e. The number of methoxy groups -OCH3 is 1. The number of alkyl halides is 4. The minimum Gasteiger partial charge on any atom is -0.466 e. The first-order chi connectivity index (χ1) is 33.0. The summed E-state index contributed by atoms with van der Waals surface area (Å²) in [5.41, 5.74) is -13.2. The zero-order valence-electron chi connectivity index (χ0n) is 41.6. The Morgan fingerprint density at radius 2 is 1.13 bits per heavy atom. The normalized spacial score (nSPS) is 45.9. The summed E-state index contributed by atoms with van der Waals surface area (Å²) in [6, 6.07) is 0. The van der Waals surface area contributed by atoms with Crippen LogP contribution < -0.4 is 0 Å². The molecule has 0 heterocycles. The number of esters is 3. The molecule has 0 saturated heterocycles. The second-order valence-electron chi connectivity index (χ2n) is 21.9. The molecule has 8 aliphatic rings. The van der Waals surface area contributed by atoms with E-state index in [0.29, 0.717) is 6.42 Å². The summed E-state index contributed by atoms with van der Waals surface area (Å²) < 4.78 is 82.0. The highest BCUT2D eigenvalue weighted by molar-refractivity contribution is 8.14. The lowest BCUT2D eigenvalue weighted by Gasteiger charge is -2.63. The number of ketones is 2. The number of carbonyl (C=O) groups excluding carboxylic acids is 7. The van der Waals surface area contributed by atoms with Crippen LogP contribution >= 0.6 is 24.4 Å². The molecule has 12 nitrogen and oxygen atoms in total. The van der Waals surface area contributed by atoms with Gasteiger partial charge in [-0.2, -0.15) is 0 Å². The maximum absolute atomic E-state index is 17.4. The molecule has 6 saturated carbocycles. The monoisotopic (exact) mass is 1030 g/mol. The maximum atomic E-state index is 17.4. The van der Waals surface area contributed by atoms with Crippen molar-refractivity contribution in [1.82, 2.24) is 0 Å². The van der Waals surface area contributed by atoms with E-state index >= 15 is 17.6 Å². The Kier molecular flexibility index (Phi) is 14.5. The van der Waals surface area contributed by atoms with E-state index in [-0.39, 0.29) is 61.8 Å². The van der Waals surface area contributed by atoms with Crippen LogP contribution in [0.5, 0.6) is 0 Å². The number of fused-ring (bicyclic) bond motifs is 10. The Morgan fingerprint density at radius 3 is 1.54 bits per heavy atom. The molecule has 8 rings (SSSR count). The van der Waals surface area contributed by atoms with Gasteiger partial charge in [-0.25, -0.2) is 22.4 Å². The number of rotatable bonds is 9. The number of thioether (sulfide) groups is 1. The van der Waals surface area contributed by atoms with Gasteiger partial charge in [0.25, 0.3) is 0 Å². The summed E-state index contributed by atoms with van der Waals surface area (Å²) in [7, 11) is 1.23. The number of halogens is 4. The standard InChI is InChI=1S/C29H36F2O7S.C24H30F2O5S/c1-6-23(34)38-29(25(36)39-11-7-8-24(35)37-5)16(2)12-18-19-14-21(30)20-13-17(32)9-10-26(20,3)28(19,31)22(33)15-27(18,29)4;1-5-19(29)31-24(20(30)32)12(2)8-14-15-10-17(25)16-9-13(27)6-7-21(16,3)23(15,26)18(28)11-22(14,24)4/h7-10,13,16,18-19,21-22,33H,6,11-12,14-15H2,1-5H3;6-7,9,12,14-15,17-18,28H,5,8,10-11H2,1-4H3,(H,30,32)/b8-7+;/t16-,18?,19?,21+,22+,26+,27+,28+,29+;12-,14?,15?,17+,18+,21+,22+,23+,24+/m11/s1. The molecule has 0 amide bonds. The van der Waals surface area contributed by atoms with Crippen LogP contribution in [0.1, 0.15) is 107 Å². The van der Waals surface area contributed by atoms with Gasteiger partial charge < -0.3 is 24.4 Å². The van der Waals surface area contributed by atoms with Gasteiger partial charge in [-0.1, -0.05) is 71.5 Å². The number of hydrogen-bond donors (Lipinski definition) is 3. The van der Waals surface area contributed by atoms with Crippen LogP contribution in [0, 0.1) is 57.2 Å². The second-order valence-corrected chi connectivity index (χ2v) is 23.3. The van der Waals surface area contributed by atoms with Crippen LogP contribution in [0.25, 0.3) is 0 Å². The minimum atomic E-state index is -2.30. The third kappa shape index (κ3) is 7.60. The Balaban J connectivity index is 0.000000213. The van der Waals surface area contributed by atoms with Gasteiger partial charge in [0.1, 0.15) is 12.3 Å². The van der Waals surface area contributed by atoms with Crippen molar-refractivity contribution in [2.45, 2.75) is 154 Å². The van der Waals surface area contributed by atoms with Gasteiger partial charge in [0.2, 0.25) is 10.2 Å². The number of aliphatic hydroxyl groups is 2. The Hall–Kier alpha value is -3.87. The van der Waals surface area contributed by atoms with Crippen LogP contribution in [0.3, 0.4) is 0 Å². The molecule has 0 aromatic rings. The fourth-order valence-corrected chi connectivity index (χ4v) is 17.0. The molecule has 4 unspecified atom stereocenters. The summed E-state index contributed by atoms with van der Waals surface area (Å²) in [5, 5.41) is 21.8. The number of aliphatic hydroxyl groups excluding tert-OH is 2. The number of thiol groups is 1. The summed E-state index contributed by atoms with van der Waals surface area (Å²) in [4.78, 5) is 87.3. The third-order valence-corrected chi connectivity index (χ3v) is 20.1. The van der Waals surface area contributed by atoms with E-state index in [2.05, 4.69) is 17.4 Å². The molecule has 390 valence electrons. The molecule has 71 heavy (non-hydrogen) atoms. The van der Waals surface area contributed by atoms with Crippen molar-refractivity contribution in [3.63, 3.8) is 0 Å². The van der Waals surface area contributed by atoms with Gasteiger partial charge in [-0.3, -0.25) is 28.8 Å². The van der Waals surface area contributed by atoms with Gasteiger partial charge in [0, 0.05) is 70.0 Å². The first kappa shape index (κ1) is 54.9. The predicted molar refractivity (Wildman–Crippen MR) is 257 cm³/mol. The zero-order chi connectivity index (χ0) is 52.8. The summed E-state index contributed by atoms with van der Waals surface area (Å²) in [5.74, 6) is -6.59. The van der Waals surface area contributed by atoms with Crippen molar-refractivity contribution in [2.75, 3.05) is 12.9 Å². The molecular formula is C53H66F4O12S2. The van der Waals surface area contributed by atoms with Crippen molar-refractivity contribution in [3.8, 4) is 0 Å². The van der Waals surface area contributed by atoms with Crippen molar-refractivity contribution in [3.05, 3.63) is 59.8 Å². The topological polar surface area (TPSA) is 188 Å². The lowest BCUT2D eigenvalue weighted by atomic mass is 9.44. The van der Waals surface area contributed by atoms with Gasteiger partial charge >= 0.3 is 17.9 Å². The van der Waals surface area contributed by atoms with Gasteiger partial charge in [-0.15, -0.1) is 12.6 Å². The lowest BCUT2D eigenvalue weighted by Crippen LogP contribution is -2.70. The average molecular weight is 1040 g/mol. The average Bonchev–Trinajstić information content (AvgIpc) is 3.67. The van der Waals surface area contributed by atoms with E-state index in [4.69, 9.17) is 9.47 Å². The fraction of sp³-hybridized carbons (Fsp3) is 0.679.